The Morgan fingerprint density at radius 3 is 2.63 bits per heavy atom. The second-order valence-electron chi connectivity index (χ2n) is 4.42. The molecule has 1 amide bonds. The zero-order chi connectivity index (χ0) is 14.4. The van der Waals surface area contributed by atoms with E-state index in [1.54, 1.807) is 6.92 Å². The number of carboxylic acids is 1. The molecular formula is C14H19NO3S. The largest absolute Gasteiger partial charge is 0.480 e. The summed E-state index contributed by atoms with van der Waals surface area (Å²) < 4.78 is 0. The number of carboxylic acid groups (broad SMARTS) is 1. The van der Waals surface area contributed by atoms with Gasteiger partial charge < -0.3 is 10.4 Å². The van der Waals surface area contributed by atoms with E-state index in [1.807, 2.05) is 32.0 Å². The van der Waals surface area contributed by atoms with E-state index < -0.39 is 12.0 Å². The van der Waals surface area contributed by atoms with E-state index in [0.29, 0.717) is 6.42 Å². The van der Waals surface area contributed by atoms with Gasteiger partial charge in [-0.2, -0.15) is 0 Å². The highest BCUT2D eigenvalue weighted by atomic mass is 32.2. The normalized spacial score (nSPS) is 11.9. The molecule has 0 aliphatic rings. The molecule has 0 radical (unpaired) electrons. The van der Waals surface area contributed by atoms with Gasteiger partial charge >= 0.3 is 5.97 Å². The molecule has 104 valence electrons. The Labute approximate surface area is 117 Å². The Morgan fingerprint density at radius 2 is 2.05 bits per heavy atom. The molecule has 0 bridgehead atoms. The zero-order valence-corrected chi connectivity index (χ0v) is 12.2. The summed E-state index contributed by atoms with van der Waals surface area (Å²) in [6.07, 6.45) is 0.384. The molecule has 19 heavy (non-hydrogen) atoms. The van der Waals surface area contributed by atoms with Crippen molar-refractivity contribution >= 4 is 23.6 Å². The van der Waals surface area contributed by atoms with Crippen molar-refractivity contribution in [1.29, 1.82) is 0 Å². The average Bonchev–Trinajstić information content (AvgIpc) is 2.36. The lowest BCUT2D eigenvalue weighted by atomic mass is 10.2. The lowest BCUT2D eigenvalue weighted by Crippen LogP contribution is -2.41. The number of benzene rings is 1. The molecule has 1 rings (SSSR count). The van der Waals surface area contributed by atoms with Crippen molar-refractivity contribution in [2.75, 3.05) is 5.75 Å². The third-order valence-electron chi connectivity index (χ3n) is 2.74. The predicted octanol–water partition coefficient (Wildman–Crippen LogP) is 2.37. The van der Waals surface area contributed by atoms with E-state index in [4.69, 9.17) is 5.11 Å². The second kappa shape index (κ2) is 7.19. The van der Waals surface area contributed by atoms with Crippen LogP contribution in [-0.4, -0.2) is 28.8 Å². The first kappa shape index (κ1) is 15.6. The third-order valence-corrected chi connectivity index (χ3v) is 3.90. The molecule has 0 aliphatic carbocycles. The molecule has 0 spiro atoms. The van der Waals surface area contributed by atoms with Crippen LogP contribution in [-0.2, 0) is 9.59 Å². The first-order valence-corrected chi connectivity index (χ1v) is 7.14. The SMILES string of the molecule is CC[C@@H](NC(=O)CSc1cc(C)ccc1C)C(=O)O. The van der Waals surface area contributed by atoms with Crippen molar-refractivity contribution in [3.63, 3.8) is 0 Å². The van der Waals surface area contributed by atoms with Crippen molar-refractivity contribution in [3.8, 4) is 0 Å². The molecule has 0 saturated carbocycles. The summed E-state index contributed by atoms with van der Waals surface area (Å²) in [7, 11) is 0. The van der Waals surface area contributed by atoms with Crippen LogP contribution in [0.5, 0.6) is 0 Å². The highest BCUT2D eigenvalue weighted by Gasteiger charge is 2.17. The molecule has 5 heteroatoms. The summed E-state index contributed by atoms with van der Waals surface area (Å²) >= 11 is 1.43. The number of hydrogen-bond donors (Lipinski definition) is 2. The lowest BCUT2D eigenvalue weighted by Gasteiger charge is -2.12. The molecular weight excluding hydrogens is 262 g/mol. The molecule has 4 nitrogen and oxygen atoms in total. The number of amides is 1. The monoisotopic (exact) mass is 281 g/mol. The fraction of sp³-hybridized carbons (Fsp3) is 0.429. The van der Waals surface area contributed by atoms with Crippen LogP contribution in [0.25, 0.3) is 0 Å². The average molecular weight is 281 g/mol. The number of hydrogen-bond acceptors (Lipinski definition) is 3. The standard InChI is InChI=1S/C14H19NO3S/c1-4-11(14(17)18)15-13(16)8-19-12-7-9(2)5-6-10(12)3/h5-7,11H,4,8H2,1-3H3,(H,15,16)(H,17,18)/t11-/m1/s1. The first-order valence-electron chi connectivity index (χ1n) is 6.16. The summed E-state index contributed by atoms with van der Waals surface area (Å²) in [6.45, 7) is 5.73. The van der Waals surface area contributed by atoms with E-state index in [0.717, 1.165) is 16.0 Å². The van der Waals surface area contributed by atoms with Gasteiger partial charge in [0.05, 0.1) is 5.75 Å². The van der Waals surface area contributed by atoms with E-state index in [2.05, 4.69) is 5.32 Å². The van der Waals surface area contributed by atoms with Crippen LogP contribution in [0.3, 0.4) is 0 Å². The fourth-order valence-electron chi connectivity index (χ4n) is 1.58. The summed E-state index contributed by atoms with van der Waals surface area (Å²) in [4.78, 5) is 23.6. The van der Waals surface area contributed by atoms with Crippen LogP contribution in [0, 0.1) is 13.8 Å². The number of carbonyl (C=O) groups is 2. The Hall–Kier alpha value is -1.49. The van der Waals surface area contributed by atoms with Crippen LogP contribution < -0.4 is 5.32 Å². The number of aliphatic carboxylic acids is 1. The third kappa shape index (κ3) is 4.95. The minimum absolute atomic E-state index is 0.230. The number of aryl methyl sites for hydroxylation is 2. The molecule has 1 atom stereocenters. The zero-order valence-electron chi connectivity index (χ0n) is 11.4. The second-order valence-corrected chi connectivity index (χ2v) is 5.44. The number of thioether (sulfide) groups is 1. The number of nitrogens with one attached hydrogen (secondary N) is 1. The molecule has 0 heterocycles. The summed E-state index contributed by atoms with van der Waals surface area (Å²) in [5.74, 6) is -1.01. The van der Waals surface area contributed by atoms with E-state index >= 15 is 0 Å². The van der Waals surface area contributed by atoms with Crippen LogP contribution >= 0.6 is 11.8 Å². The number of carbonyl (C=O) groups excluding carboxylic acids is 1. The molecule has 0 aliphatic heterocycles. The van der Waals surface area contributed by atoms with Crippen molar-refractivity contribution in [2.45, 2.75) is 38.1 Å². The minimum atomic E-state index is -0.993. The van der Waals surface area contributed by atoms with Crippen molar-refractivity contribution < 1.29 is 14.7 Å². The van der Waals surface area contributed by atoms with Crippen molar-refractivity contribution in [2.24, 2.45) is 0 Å². The van der Waals surface area contributed by atoms with Gasteiger partial charge in [0.15, 0.2) is 0 Å². The van der Waals surface area contributed by atoms with E-state index in [-0.39, 0.29) is 11.7 Å². The molecule has 1 aromatic rings. The highest BCUT2D eigenvalue weighted by molar-refractivity contribution is 8.00. The molecule has 0 saturated heterocycles. The Morgan fingerprint density at radius 1 is 1.37 bits per heavy atom. The van der Waals surface area contributed by atoms with Gasteiger partial charge in [0, 0.05) is 4.90 Å². The topological polar surface area (TPSA) is 66.4 Å². The molecule has 1 aromatic carbocycles. The minimum Gasteiger partial charge on any atom is -0.480 e. The van der Waals surface area contributed by atoms with Gasteiger partial charge in [-0.25, -0.2) is 4.79 Å². The Kier molecular flexibility index (Phi) is 5.89. The fourth-order valence-corrected chi connectivity index (χ4v) is 2.52. The van der Waals surface area contributed by atoms with Gasteiger partial charge in [-0.05, 0) is 31.9 Å². The molecule has 0 fully saturated rings. The maximum atomic E-state index is 11.7. The predicted molar refractivity (Wildman–Crippen MR) is 76.5 cm³/mol. The molecule has 0 unspecified atom stereocenters. The van der Waals surface area contributed by atoms with Crippen LogP contribution in [0.2, 0.25) is 0 Å². The molecule has 2 N–H and O–H groups in total. The van der Waals surface area contributed by atoms with Gasteiger partial charge in [0.25, 0.3) is 0 Å². The van der Waals surface area contributed by atoms with Gasteiger partial charge in [-0.15, -0.1) is 11.8 Å². The highest BCUT2D eigenvalue weighted by Crippen LogP contribution is 2.23. The Balaban J connectivity index is 2.54. The first-order chi connectivity index (χ1) is 8.93. The summed E-state index contributed by atoms with van der Waals surface area (Å²) in [6, 6.07) is 5.27. The quantitative estimate of drug-likeness (QED) is 0.786. The van der Waals surface area contributed by atoms with Gasteiger partial charge in [-0.1, -0.05) is 24.6 Å². The van der Waals surface area contributed by atoms with Crippen molar-refractivity contribution in [3.05, 3.63) is 29.3 Å². The van der Waals surface area contributed by atoms with Crippen LogP contribution in [0.4, 0.5) is 0 Å². The number of rotatable bonds is 6. The van der Waals surface area contributed by atoms with Gasteiger partial charge in [0.2, 0.25) is 5.91 Å². The van der Waals surface area contributed by atoms with Crippen LogP contribution in [0.1, 0.15) is 24.5 Å². The summed E-state index contributed by atoms with van der Waals surface area (Å²) in [5, 5.41) is 11.4. The Bertz CT molecular complexity index is 474. The molecule has 0 aromatic heterocycles. The van der Waals surface area contributed by atoms with Gasteiger partial charge in [0.1, 0.15) is 6.04 Å². The summed E-state index contributed by atoms with van der Waals surface area (Å²) in [5.41, 5.74) is 2.26. The lowest BCUT2D eigenvalue weighted by molar-refractivity contribution is -0.141. The maximum absolute atomic E-state index is 11.7. The van der Waals surface area contributed by atoms with Crippen LogP contribution in [0.15, 0.2) is 23.1 Å². The van der Waals surface area contributed by atoms with E-state index in [1.165, 1.54) is 11.8 Å². The van der Waals surface area contributed by atoms with Gasteiger partial charge in [-0.3, -0.25) is 4.79 Å². The maximum Gasteiger partial charge on any atom is 0.326 e. The van der Waals surface area contributed by atoms with E-state index in [9.17, 15) is 9.59 Å². The van der Waals surface area contributed by atoms with Crippen molar-refractivity contribution in [1.82, 2.24) is 5.32 Å². The smallest absolute Gasteiger partial charge is 0.326 e.